The van der Waals surface area contributed by atoms with E-state index in [0.717, 1.165) is 35.1 Å². The van der Waals surface area contributed by atoms with Crippen LogP contribution in [0.5, 0.6) is 0 Å². The summed E-state index contributed by atoms with van der Waals surface area (Å²) in [5, 5.41) is 0. The Morgan fingerprint density at radius 1 is 0.429 bits per heavy atom. The average Bonchev–Trinajstić information content (AvgIpc) is 2.74. The van der Waals surface area contributed by atoms with E-state index < -0.39 is 0 Å². The summed E-state index contributed by atoms with van der Waals surface area (Å²) < 4.78 is 0. The molecule has 0 aliphatic heterocycles. The van der Waals surface area contributed by atoms with Crippen molar-refractivity contribution in [3.05, 3.63) is 106 Å². The van der Waals surface area contributed by atoms with Crippen molar-refractivity contribution in [2.75, 3.05) is 0 Å². The van der Waals surface area contributed by atoms with Crippen LogP contribution >= 0.6 is 0 Å². The lowest BCUT2D eigenvalue weighted by molar-refractivity contribution is 0.922. The number of hydrogen-bond acceptors (Lipinski definition) is 0. The third-order valence-electron chi connectivity index (χ3n) is 4.57. The zero-order chi connectivity index (χ0) is 19.6. The van der Waals surface area contributed by atoms with Crippen molar-refractivity contribution in [3.8, 4) is 23.7 Å². The first-order valence-electron chi connectivity index (χ1n) is 10.1. The summed E-state index contributed by atoms with van der Waals surface area (Å²) in [4.78, 5) is 0. The largest absolute Gasteiger partial charge is 0.0651 e. The Labute approximate surface area is 169 Å². The van der Waals surface area contributed by atoms with Crippen LogP contribution in [0.15, 0.2) is 72.8 Å². The predicted molar refractivity (Wildman–Crippen MR) is 119 cm³/mol. The third kappa shape index (κ3) is 5.90. The van der Waals surface area contributed by atoms with Gasteiger partial charge in [-0.05, 0) is 72.5 Å². The van der Waals surface area contributed by atoms with E-state index in [1.165, 1.54) is 24.0 Å². The first-order chi connectivity index (χ1) is 13.8. The molecule has 3 rings (SSSR count). The molecule has 0 spiro atoms. The van der Waals surface area contributed by atoms with Crippen LogP contribution in [0.2, 0.25) is 0 Å². The summed E-state index contributed by atoms with van der Waals surface area (Å²) in [6.45, 7) is 4.40. The van der Waals surface area contributed by atoms with Crippen LogP contribution in [0.3, 0.4) is 0 Å². The minimum absolute atomic E-state index is 1.01. The molecule has 0 aliphatic rings. The summed E-state index contributed by atoms with van der Waals surface area (Å²) in [5.41, 5.74) is 6.86. The van der Waals surface area contributed by atoms with E-state index in [4.69, 9.17) is 0 Å². The molecule has 0 saturated heterocycles. The monoisotopic (exact) mass is 362 g/mol. The average molecular weight is 363 g/mol. The van der Waals surface area contributed by atoms with Gasteiger partial charge >= 0.3 is 0 Å². The SMILES string of the molecule is CCCc1ccc(C#Cc2ccc(C#Cc3ccc(CCC)cc3)cc2)cc1. The number of benzene rings is 3. The standard InChI is InChI=1S/C28H26/c1-3-5-23-7-11-25(12-8-23)15-17-27-19-21-28(22-20-27)18-16-26-13-9-24(6-4-2)10-14-26/h7-14,19-22H,3-6H2,1-2H3. The lowest BCUT2D eigenvalue weighted by Gasteiger charge is -1.98. The molecule has 0 atom stereocenters. The Morgan fingerprint density at radius 2 is 0.679 bits per heavy atom. The molecule has 0 heteroatoms. The zero-order valence-electron chi connectivity index (χ0n) is 16.8. The van der Waals surface area contributed by atoms with Gasteiger partial charge in [-0.3, -0.25) is 0 Å². The molecule has 0 N–H and O–H groups in total. The molecule has 0 radical (unpaired) electrons. The van der Waals surface area contributed by atoms with Gasteiger partial charge in [0.1, 0.15) is 0 Å². The molecule has 0 fully saturated rings. The molecule has 3 aromatic carbocycles. The van der Waals surface area contributed by atoms with Gasteiger partial charge in [0.25, 0.3) is 0 Å². The quantitative estimate of drug-likeness (QED) is 0.472. The molecule has 0 unspecified atom stereocenters. The van der Waals surface area contributed by atoms with Gasteiger partial charge < -0.3 is 0 Å². The van der Waals surface area contributed by atoms with Gasteiger partial charge in [-0.15, -0.1) is 0 Å². The van der Waals surface area contributed by atoms with Crippen LogP contribution in [0.4, 0.5) is 0 Å². The van der Waals surface area contributed by atoms with Gasteiger partial charge in [0.05, 0.1) is 0 Å². The fourth-order valence-electron chi connectivity index (χ4n) is 3.01. The Hall–Kier alpha value is -3.22. The van der Waals surface area contributed by atoms with Gasteiger partial charge in [0.2, 0.25) is 0 Å². The highest BCUT2D eigenvalue weighted by Crippen LogP contribution is 2.08. The lowest BCUT2D eigenvalue weighted by Crippen LogP contribution is -1.83. The van der Waals surface area contributed by atoms with Crippen LogP contribution < -0.4 is 0 Å². The third-order valence-corrected chi connectivity index (χ3v) is 4.57. The van der Waals surface area contributed by atoms with Crippen LogP contribution in [-0.4, -0.2) is 0 Å². The van der Waals surface area contributed by atoms with Crippen molar-refractivity contribution in [3.63, 3.8) is 0 Å². The number of rotatable bonds is 4. The Kier molecular flexibility index (Phi) is 7.12. The van der Waals surface area contributed by atoms with Gasteiger partial charge in [0.15, 0.2) is 0 Å². The highest BCUT2D eigenvalue weighted by atomic mass is 14.0. The van der Waals surface area contributed by atoms with E-state index in [1.807, 2.05) is 24.3 Å². The Balaban J connectivity index is 1.64. The summed E-state index contributed by atoms with van der Waals surface area (Å²) >= 11 is 0. The molecule has 138 valence electrons. The smallest absolute Gasteiger partial charge is 0.0249 e. The second-order valence-corrected chi connectivity index (χ2v) is 6.97. The lowest BCUT2D eigenvalue weighted by atomic mass is 10.1. The van der Waals surface area contributed by atoms with Crippen molar-refractivity contribution in [2.45, 2.75) is 39.5 Å². The van der Waals surface area contributed by atoms with Crippen LogP contribution in [-0.2, 0) is 12.8 Å². The molecule has 0 amide bonds. The van der Waals surface area contributed by atoms with E-state index in [2.05, 4.69) is 86.1 Å². The molecule has 28 heavy (non-hydrogen) atoms. The number of hydrogen-bond donors (Lipinski definition) is 0. The second-order valence-electron chi connectivity index (χ2n) is 6.97. The van der Waals surface area contributed by atoms with E-state index in [9.17, 15) is 0 Å². The molecule has 0 heterocycles. The fourth-order valence-corrected chi connectivity index (χ4v) is 3.01. The minimum atomic E-state index is 1.01. The maximum absolute atomic E-state index is 3.24. The fraction of sp³-hybridized carbons (Fsp3) is 0.214. The van der Waals surface area contributed by atoms with Crippen LogP contribution in [0.1, 0.15) is 60.1 Å². The molecule has 0 bridgehead atoms. The van der Waals surface area contributed by atoms with Gasteiger partial charge in [-0.1, -0.05) is 74.6 Å². The topological polar surface area (TPSA) is 0 Å². The van der Waals surface area contributed by atoms with E-state index in [0.29, 0.717) is 0 Å². The van der Waals surface area contributed by atoms with Crippen LogP contribution in [0.25, 0.3) is 0 Å². The van der Waals surface area contributed by atoms with Gasteiger partial charge in [0, 0.05) is 22.3 Å². The molecule has 0 aromatic heterocycles. The Bertz CT molecular complexity index is 910. The first kappa shape index (κ1) is 19.5. The highest BCUT2D eigenvalue weighted by molar-refractivity contribution is 5.48. The van der Waals surface area contributed by atoms with Crippen molar-refractivity contribution in [1.82, 2.24) is 0 Å². The molecule has 0 aliphatic carbocycles. The van der Waals surface area contributed by atoms with E-state index in [-0.39, 0.29) is 0 Å². The summed E-state index contributed by atoms with van der Waals surface area (Å²) in [6.07, 6.45) is 4.59. The molecular weight excluding hydrogens is 336 g/mol. The second kappa shape index (κ2) is 10.2. The first-order valence-corrected chi connectivity index (χ1v) is 10.1. The zero-order valence-corrected chi connectivity index (χ0v) is 16.8. The van der Waals surface area contributed by atoms with E-state index in [1.54, 1.807) is 0 Å². The molecule has 0 nitrogen and oxygen atoms in total. The summed E-state index contributed by atoms with van der Waals surface area (Å²) in [5.74, 6) is 12.9. The number of aryl methyl sites for hydroxylation is 2. The predicted octanol–water partition coefficient (Wildman–Crippen LogP) is 6.39. The summed E-state index contributed by atoms with van der Waals surface area (Å²) in [6, 6.07) is 25.2. The van der Waals surface area contributed by atoms with E-state index >= 15 is 0 Å². The molecule has 0 saturated carbocycles. The maximum Gasteiger partial charge on any atom is 0.0249 e. The summed E-state index contributed by atoms with van der Waals surface area (Å²) in [7, 11) is 0. The van der Waals surface area contributed by atoms with Gasteiger partial charge in [-0.2, -0.15) is 0 Å². The van der Waals surface area contributed by atoms with Crippen molar-refractivity contribution < 1.29 is 0 Å². The van der Waals surface area contributed by atoms with Crippen molar-refractivity contribution in [1.29, 1.82) is 0 Å². The normalized spacial score (nSPS) is 9.79. The molecule has 3 aromatic rings. The van der Waals surface area contributed by atoms with Crippen LogP contribution in [0, 0.1) is 23.7 Å². The maximum atomic E-state index is 3.24. The van der Waals surface area contributed by atoms with Gasteiger partial charge in [-0.25, -0.2) is 0 Å². The molecular formula is C28H26. The van der Waals surface area contributed by atoms with Crippen molar-refractivity contribution in [2.24, 2.45) is 0 Å². The highest BCUT2D eigenvalue weighted by Gasteiger charge is 1.93. The Morgan fingerprint density at radius 3 is 0.929 bits per heavy atom. The van der Waals surface area contributed by atoms with Crippen molar-refractivity contribution >= 4 is 0 Å². The minimum Gasteiger partial charge on any atom is -0.0651 e.